The molecule has 148 valence electrons. The van der Waals surface area contributed by atoms with Crippen molar-refractivity contribution < 1.29 is 18.3 Å². The molecule has 0 spiro atoms. The molecule has 0 aliphatic carbocycles. The van der Waals surface area contributed by atoms with Crippen molar-refractivity contribution in [2.45, 2.75) is 31.2 Å². The van der Waals surface area contributed by atoms with E-state index in [9.17, 15) is 13.5 Å². The molecule has 2 N–H and O–H groups in total. The number of nitrogens with one attached hydrogen (secondary N) is 1. The maximum Gasteiger partial charge on any atom is 0.241 e. The van der Waals surface area contributed by atoms with Gasteiger partial charge in [0.1, 0.15) is 5.69 Å². The van der Waals surface area contributed by atoms with Gasteiger partial charge < -0.3 is 9.84 Å². The molecule has 0 amide bonds. The van der Waals surface area contributed by atoms with E-state index in [1.54, 1.807) is 19.1 Å². The van der Waals surface area contributed by atoms with E-state index in [4.69, 9.17) is 4.74 Å². The van der Waals surface area contributed by atoms with Gasteiger partial charge in [0.15, 0.2) is 0 Å². The highest BCUT2D eigenvalue weighted by Crippen LogP contribution is 2.32. The Morgan fingerprint density at radius 3 is 2.50 bits per heavy atom. The van der Waals surface area contributed by atoms with Gasteiger partial charge in [0.25, 0.3) is 0 Å². The number of rotatable bonds is 7. The van der Waals surface area contributed by atoms with Crippen LogP contribution in [0.3, 0.4) is 0 Å². The van der Waals surface area contributed by atoms with E-state index in [0.29, 0.717) is 29.1 Å². The molecule has 1 aromatic heterocycles. The summed E-state index contributed by atoms with van der Waals surface area (Å²) in [6.45, 7) is 3.28. The number of benzene rings is 2. The third-order valence-electron chi connectivity index (χ3n) is 4.63. The number of ether oxygens (including phenoxy) is 1. The summed E-state index contributed by atoms with van der Waals surface area (Å²) >= 11 is 0. The number of aromatic nitrogens is 2. The maximum atomic E-state index is 12.9. The summed E-state index contributed by atoms with van der Waals surface area (Å²) in [5.41, 5.74) is 1.81. The number of aliphatic hydroxyl groups excluding tert-OH is 1. The fraction of sp³-hybridized carbons (Fsp3) is 0.300. The predicted octanol–water partition coefficient (Wildman–Crippen LogP) is 2.66. The zero-order valence-corrected chi connectivity index (χ0v) is 16.8. The van der Waals surface area contributed by atoms with Crippen LogP contribution in [0.4, 0.5) is 0 Å². The van der Waals surface area contributed by atoms with Crippen LogP contribution in [0.25, 0.3) is 22.0 Å². The minimum Gasteiger partial charge on any atom is -0.479 e. The molecule has 3 rings (SSSR count). The summed E-state index contributed by atoms with van der Waals surface area (Å²) in [6, 6.07) is 12.2. The minimum absolute atomic E-state index is 0.151. The average molecular weight is 401 g/mol. The summed E-state index contributed by atoms with van der Waals surface area (Å²) in [7, 11) is -2.26. The molecule has 1 heterocycles. The lowest BCUT2D eigenvalue weighted by Gasteiger charge is -2.16. The van der Waals surface area contributed by atoms with Gasteiger partial charge in [-0.15, -0.1) is 10.2 Å². The first kappa shape index (κ1) is 20.2. The van der Waals surface area contributed by atoms with E-state index in [1.165, 1.54) is 7.11 Å². The van der Waals surface area contributed by atoms with Crippen molar-refractivity contribution in [2.75, 3.05) is 13.7 Å². The largest absolute Gasteiger partial charge is 0.479 e. The second kappa shape index (κ2) is 8.22. The van der Waals surface area contributed by atoms with Gasteiger partial charge in [-0.1, -0.05) is 37.3 Å². The molecule has 2 aromatic carbocycles. The summed E-state index contributed by atoms with van der Waals surface area (Å²) in [6.07, 6.45) is 0.489. The zero-order chi connectivity index (χ0) is 20.3. The summed E-state index contributed by atoms with van der Waals surface area (Å²) in [5.74, 6) is 0.412. The Labute approximate surface area is 164 Å². The van der Waals surface area contributed by atoms with Crippen LogP contribution in [0.15, 0.2) is 47.4 Å². The number of nitrogens with zero attached hydrogens (tertiary/aromatic N) is 2. The van der Waals surface area contributed by atoms with Crippen LogP contribution in [0.2, 0.25) is 0 Å². The lowest BCUT2D eigenvalue weighted by molar-refractivity contribution is 0.254. The third-order valence-corrected chi connectivity index (χ3v) is 6.30. The summed E-state index contributed by atoms with van der Waals surface area (Å²) in [5, 5.41) is 19.3. The Kier molecular flexibility index (Phi) is 5.93. The van der Waals surface area contributed by atoms with Crippen molar-refractivity contribution in [2.24, 2.45) is 0 Å². The van der Waals surface area contributed by atoms with E-state index < -0.39 is 16.1 Å². The van der Waals surface area contributed by atoms with E-state index in [1.807, 2.05) is 37.3 Å². The van der Waals surface area contributed by atoms with Gasteiger partial charge in [0.2, 0.25) is 15.9 Å². The molecule has 0 unspecified atom stereocenters. The fourth-order valence-corrected chi connectivity index (χ4v) is 4.59. The smallest absolute Gasteiger partial charge is 0.241 e. The number of hydrogen-bond donors (Lipinski definition) is 2. The van der Waals surface area contributed by atoms with Crippen LogP contribution >= 0.6 is 0 Å². The lowest BCUT2D eigenvalue weighted by atomic mass is 10.0. The first-order chi connectivity index (χ1) is 13.4. The van der Waals surface area contributed by atoms with Crippen molar-refractivity contribution >= 4 is 20.8 Å². The van der Waals surface area contributed by atoms with Crippen LogP contribution in [-0.4, -0.2) is 43.5 Å². The monoisotopic (exact) mass is 401 g/mol. The number of hydrogen-bond acceptors (Lipinski definition) is 6. The van der Waals surface area contributed by atoms with Crippen molar-refractivity contribution in [3.63, 3.8) is 0 Å². The standard InChI is InChI=1S/C20H23N3O4S/c1-4-15(12-24)23-28(25,26)18-11-14(10-9-13(18)2)19-16-7-5-6-8-17(16)20(27-3)22-21-19/h5-11,15,23-24H,4,12H2,1-3H3/t15-/m0/s1. The lowest BCUT2D eigenvalue weighted by Crippen LogP contribution is -2.37. The van der Waals surface area contributed by atoms with E-state index in [-0.39, 0.29) is 11.5 Å². The van der Waals surface area contributed by atoms with Crippen molar-refractivity contribution in [3.05, 3.63) is 48.0 Å². The summed E-state index contributed by atoms with van der Waals surface area (Å²) in [4.78, 5) is 0.151. The molecule has 1 atom stereocenters. The molecule has 7 nitrogen and oxygen atoms in total. The van der Waals surface area contributed by atoms with E-state index in [2.05, 4.69) is 14.9 Å². The molecule has 0 radical (unpaired) electrons. The molecule has 8 heteroatoms. The van der Waals surface area contributed by atoms with E-state index in [0.717, 1.165) is 10.8 Å². The molecule has 0 aliphatic heterocycles. The highest BCUT2D eigenvalue weighted by atomic mass is 32.2. The Hall–Kier alpha value is -2.55. The Bertz CT molecular complexity index is 1100. The molecule has 0 aliphatic rings. The predicted molar refractivity (Wildman–Crippen MR) is 108 cm³/mol. The highest BCUT2D eigenvalue weighted by molar-refractivity contribution is 7.89. The van der Waals surface area contributed by atoms with Gasteiger partial charge >= 0.3 is 0 Å². The van der Waals surface area contributed by atoms with Crippen LogP contribution in [0, 0.1) is 6.92 Å². The number of fused-ring (bicyclic) bond motifs is 1. The molecule has 0 fully saturated rings. The number of methoxy groups -OCH3 is 1. The van der Waals surface area contributed by atoms with Crippen LogP contribution in [0.1, 0.15) is 18.9 Å². The Morgan fingerprint density at radius 1 is 1.14 bits per heavy atom. The molecule has 0 saturated heterocycles. The second-order valence-electron chi connectivity index (χ2n) is 6.49. The number of sulfonamides is 1. The molecule has 3 aromatic rings. The molecule has 0 saturated carbocycles. The minimum atomic E-state index is -3.79. The zero-order valence-electron chi connectivity index (χ0n) is 16.0. The SMILES string of the molecule is CC[C@@H](CO)NS(=O)(=O)c1cc(-c2nnc(OC)c3ccccc23)ccc1C. The van der Waals surface area contributed by atoms with Gasteiger partial charge in [-0.2, -0.15) is 0 Å². The van der Waals surface area contributed by atoms with Crippen molar-refractivity contribution in [1.82, 2.24) is 14.9 Å². The number of aliphatic hydroxyl groups is 1. The first-order valence-corrected chi connectivity index (χ1v) is 10.4. The van der Waals surface area contributed by atoms with Gasteiger partial charge in [-0.25, -0.2) is 13.1 Å². The van der Waals surface area contributed by atoms with E-state index >= 15 is 0 Å². The Balaban J connectivity index is 2.14. The maximum absolute atomic E-state index is 12.9. The molecule has 0 bridgehead atoms. The van der Waals surface area contributed by atoms with Crippen molar-refractivity contribution in [3.8, 4) is 17.1 Å². The quantitative estimate of drug-likeness (QED) is 0.631. The fourth-order valence-electron chi connectivity index (χ4n) is 3.01. The average Bonchev–Trinajstić information content (AvgIpc) is 2.71. The van der Waals surface area contributed by atoms with Crippen LogP contribution in [0.5, 0.6) is 5.88 Å². The molecular weight excluding hydrogens is 378 g/mol. The normalized spacial score (nSPS) is 12.9. The van der Waals surface area contributed by atoms with Crippen LogP contribution in [-0.2, 0) is 10.0 Å². The highest BCUT2D eigenvalue weighted by Gasteiger charge is 2.22. The van der Waals surface area contributed by atoms with Gasteiger partial charge in [-0.05, 0) is 31.0 Å². The Morgan fingerprint density at radius 2 is 1.86 bits per heavy atom. The first-order valence-electron chi connectivity index (χ1n) is 8.95. The van der Waals surface area contributed by atoms with Gasteiger partial charge in [0.05, 0.1) is 18.6 Å². The third kappa shape index (κ3) is 3.84. The topological polar surface area (TPSA) is 101 Å². The molecule has 28 heavy (non-hydrogen) atoms. The van der Waals surface area contributed by atoms with Crippen molar-refractivity contribution in [1.29, 1.82) is 0 Å². The number of aryl methyl sites for hydroxylation is 1. The van der Waals surface area contributed by atoms with Crippen LogP contribution < -0.4 is 9.46 Å². The van der Waals surface area contributed by atoms with Gasteiger partial charge in [0, 0.05) is 22.4 Å². The summed E-state index contributed by atoms with van der Waals surface area (Å²) < 4.78 is 33.5. The van der Waals surface area contributed by atoms with Gasteiger partial charge in [-0.3, -0.25) is 0 Å². The molecular formula is C20H23N3O4S. The second-order valence-corrected chi connectivity index (χ2v) is 8.18.